The monoisotopic (exact) mass is 290 g/mol. The number of hydrogen-bond acceptors (Lipinski definition) is 3. The van der Waals surface area contributed by atoms with Crippen molar-refractivity contribution < 1.29 is 14.3 Å². The molecule has 2 N–H and O–H groups in total. The molecular formula is C16H22N2O3. The first-order valence-electron chi connectivity index (χ1n) is 7.19. The number of ether oxygens (including phenoxy) is 2. The van der Waals surface area contributed by atoms with Gasteiger partial charge in [0.2, 0.25) is 0 Å². The van der Waals surface area contributed by atoms with Crippen LogP contribution < -0.4 is 20.1 Å². The lowest BCUT2D eigenvalue weighted by Gasteiger charge is -2.11. The molecule has 21 heavy (non-hydrogen) atoms. The van der Waals surface area contributed by atoms with Crippen molar-refractivity contribution >= 4 is 11.7 Å². The van der Waals surface area contributed by atoms with Gasteiger partial charge in [-0.15, -0.1) is 0 Å². The Hall–Kier alpha value is -2.17. The SMILES string of the molecule is COc1ccc(OC)c(NC(=O)N/C=C/C2CCCC2)c1. The highest BCUT2D eigenvalue weighted by atomic mass is 16.5. The summed E-state index contributed by atoms with van der Waals surface area (Å²) < 4.78 is 10.4. The molecule has 0 unspecified atom stereocenters. The highest BCUT2D eigenvalue weighted by Crippen LogP contribution is 2.28. The molecule has 0 spiro atoms. The molecule has 0 aromatic heterocycles. The molecule has 1 fully saturated rings. The summed E-state index contributed by atoms with van der Waals surface area (Å²) in [6.07, 6.45) is 8.77. The number of carbonyl (C=O) groups excluding carboxylic acids is 1. The van der Waals surface area contributed by atoms with E-state index in [1.807, 2.05) is 0 Å². The van der Waals surface area contributed by atoms with E-state index in [1.54, 1.807) is 38.6 Å². The number of methoxy groups -OCH3 is 2. The predicted molar refractivity (Wildman–Crippen MR) is 82.8 cm³/mol. The van der Waals surface area contributed by atoms with Gasteiger partial charge >= 0.3 is 6.03 Å². The third kappa shape index (κ3) is 4.41. The molecule has 0 heterocycles. The molecule has 5 heteroatoms. The quantitative estimate of drug-likeness (QED) is 0.872. The summed E-state index contributed by atoms with van der Waals surface area (Å²) in [5.74, 6) is 1.84. The minimum absolute atomic E-state index is 0.296. The summed E-state index contributed by atoms with van der Waals surface area (Å²) in [6, 6.07) is 4.96. The van der Waals surface area contributed by atoms with Crippen molar-refractivity contribution in [1.82, 2.24) is 5.32 Å². The van der Waals surface area contributed by atoms with Gasteiger partial charge in [0.25, 0.3) is 0 Å². The van der Waals surface area contributed by atoms with Crippen LogP contribution in [-0.2, 0) is 0 Å². The fourth-order valence-corrected chi connectivity index (χ4v) is 2.48. The number of carbonyl (C=O) groups is 1. The normalized spacial score (nSPS) is 15.1. The summed E-state index contributed by atoms with van der Waals surface area (Å²) >= 11 is 0. The van der Waals surface area contributed by atoms with Gasteiger partial charge in [-0.3, -0.25) is 0 Å². The molecule has 2 amide bonds. The Kier molecular flexibility index (Phi) is 5.49. The van der Waals surface area contributed by atoms with Crippen molar-refractivity contribution in [3.05, 3.63) is 30.5 Å². The van der Waals surface area contributed by atoms with E-state index in [0.29, 0.717) is 23.1 Å². The Bertz CT molecular complexity index is 508. The lowest BCUT2D eigenvalue weighted by atomic mass is 10.1. The second kappa shape index (κ2) is 7.57. The van der Waals surface area contributed by atoms with Crippen LogP contribution in [0.15, 0.2) is 30.5 Å². The molecule has 1 aliphatic rings. The second-order valence-electron chi connectivity index (χ2n) is 5.07. The number of urea groups is 1. The molecule has 0 radical (unpaired) electrons. The van der Waals surface area contributed by atoms with Crippen molar-refractivity contribution in [1.29, 1.82) is 0 Å². The minimum Gasteiger partial charge on any atom is -0.497 e. The van der Waals surface area contributed by atoms with Crippen molar-refractivity contribution in [2.75, 3.05) is 19.5 Å². The highest BCUT2D eigenvalue weighted by Gasteiger charge is 2.11. The van der Waals surface area contributed by atoms with E-state index in [-0.39, 0.29) is 6.03 Å². The Balaban J connectivity index is 1.92. The van der Waals surface area contributed by atoms with E-state index < -0.39 is 0 Å². The van der Waals surface area contributed by atoms with E-state index in [2.05, 4.69) is 16.7 Å². The Morgan fingerprint density at radius 3 is 2.67 bits per heavy atom. The molecule has 0 bridgehead atoms. The van der Waals surface area contributed by atoms with Crippen LogP contribution in [0.5, 0.6) is 11.5 Å². The first kappa shape index (κ1) is 15.2. The van der Waals surface area contributed by atoms with Gasteiger partial charge in [-0.2, -0.15) is 0 Å². The lowest BCUT2D eigenvalue weighted by molar-refractivity contribution is 0.255. The van der Waals surface area contributed by atoms with Crippen molar-refractivity contribution in [2.24, 2.45) is 5.92 Å². The molecule has 0 saturated heterocycles. The number of hydrogen-bond donors (Lipinski definition) is 2. The average Bonchev–Trinajstić information content (AvgIpc) is 3.00. The van der Waals surface area contributed by atoms with Gasteiger partial charge in [0.15, 0.2) is 0 Å². The van der Waals surface area contributed by atoms with Crippen LogP contribution in [-0.4, -0.2) is 20.3 Å². The van der Waals surface area contributed by atoms with Crippen LogP contribution in [0.2, 0.25) is 0 Å². The Labute approximate surface area is 125 Å². The summed E-state index contributed by atoms with van der Waals surface area (Å²) in [6.45, 7) is 0. The second-order valence-corrected chi connectivity index (χ2v) is 5.07. The largest absolute Gasteiger partial charge is 0.497 e. The number of rotatable bonds is 5. The summed E-state index contributed by atoms with van der Waals surface area (Å²) in [7, 11) is 3.14. The standard InChI is InChI=1S/C16H22N2O3/c1-20-13-7-8-15(21-2)14(11-13)18-16(19)17-10-9-12-5-3-4-6-12/h7-12H,3-6H2,1-2H3,(H2,17,18,19)/b10-9+. The number of anilines is 1. The smallest absolute Gasteiger partial charge is 0.323 e. The van der Waals surface area contributed by atoms with Crippen molar-refractivity contribution in [2.45, 2.75) is 25.7 Å². The van der Waals surface area contributed by atoms with Gasteiger partial charge in [-0.1, -0.05) is 18.9 Å². The maximum atomic E-state index is 11.9. The number of benzene rings is 1. The van der Waals surface area contributed by atoms with Gasteiger partial charge < -0.3 is 20.1 Å². The van der Waals surface area contributed by atoms with E-state index in [4.69, 9.17) is 9.47 Å². The fourth-order valence-electron chi connectivity index (χ4n) is 2.48. The third-order valence-corrected chi connectivity index (χ3v) is 3.64. The first-order valence-corrected chi connectivity index (χ1v) is 7.19. The van der Waals surface area contributed by atoms with Crippen molar-refractivity contribution in [3.8, 4) is 11.5 Å². The van der Waals surface area contributed by atoms with Crippen LogP contribution in [0.25, 0.3) is 0 Å². The van der Waals surface area contributed by atoms with Crippen molar-refractivity contribution in [3.63, 3.8) is 0 Å². The summed E-state index contributed by atoms with van der Waals surface area (Å²) in [5.41, 5.74) is 0.573. The topological polar surface area (TPSA) is 59.6 Å². The van der Waals surface area contributed by atoms with Gasteiger partial charge in [0.05, 0.1) is 19.9 Å². The van der Waals surface area contributed by atoms with E-state index in [9.17, 15) is 4.79 Å². The van der Waals surface area contributed by atoms with Crippen LogP contribution >= 0.6 is 0 Å². The molecular weight excluding hydrogens is 268 g/mol. The Morgan fingerprint density at radius 2 is 2.00 bits per heavy atom. The highest BCUT2D eigenvalue weighted by molar-refractivity contribution is 5.91. The van der Waals surface area contributed by atoms with Crippen LogP contribution in [0, 0.1) is 5.92 Å². The average molecular weight is 290 g/mol. The van der Waals surface area contributed by atoms with Gasteiger partial charge in [0, 0.05) is 12.3 Å². The molecule has 0 atom stereocenters. The number of nitrogens with one attached hydrogen (secondary N) is 2. The first-order chi connectivity index (χ1) is 10.2. The van der Waals surface area contributed by atoms with E-state index in [0.717, 1.165) is 0 Å². The maximum absolute atomic E-state index is 11.9. The molecule has 1 aromatic carbocycles. The summed E-state index contributed by atoms with van der Waals surface area (Å²) in [4.78, 5) is 11.9. The molecule has 1 aliphatic carbocycles. The molecule has 1 aromatic rings. The number of amides is 2. The fraction of sp³-hybridized carbons (Fsp3) is 0.438. The maximum Gasteiger partial charge on any atom is 0.323 e. The zero-order valence-corrected chi connectivity index (χ0v) is 12.5. The zero-order valence-electron chi connectivity index (χ0n) is 12.5. The van der Waals surface area contributed by atoms with Crippen LogP contribution in [0.4, 0.5) is 10.5 Å². The van der Waals surface area contributed by atoms with Gasteiger partial charge in [0.1, 0.15) is 11.5 Å². The van der Waals surface area contributed by atoms with Crippen LogP contribution in [0.1, 0.15) is 25.7 Å². The Morgan fingerprint density at radius 1 is 1.24 bits per heavy atom. The van der Waals surface area contributed by atoms with Crippen LogP contribution in [0.3, 0.4) is 0 Å². The molecule has 2 rings (SSSR count). The molecule has 114 valence electrons. The molecule has 0 aliphatic heterocycles. The predicted octanol–water partition coefficient (Wildman–Crippen LogP) is 3.53. The lowest BCUT2D eigenvalue weighted by Crippen LogP contribution is -2.24. The number of allylic oxidation sites excluding steroid dienone is 1. The summed E-state index contributed by atoms with van der Waals surface area (Å²) in [5, 5.41) is 5.48. The van der Waals surface area contributed by atoms with E-state index >= 15 is 0 Å². The zero-order chi connectivity index (χ0) is 15.1. The van der Waals surface area contributed by atoms with E-state index in [1.165, 1.54) is 25.7 Å². The molecule has 5 nitrogen and oxygen atoms in total. The third-order valence-electron chi connectivity index (χ3n) is 3.64. The van der Waals surface area contributed by atoms with Gasteiger partial charge in [-0.05, 0) is 30.9 Å². The minimum atomic E-state index is -0.296. The van der Waals surface area contributed by atoms with Gasteiger partial charge in [-0.25, -0.2) is 4.79 Å². The molecule has 1 saturated carbocycles.